The van der Waals surface area contributed by atoms with Crippen LogP contribution in [0.25, 0.3) is 0 Å². The Morgan fingerprint density at radius 2 is 1.91 bits per heavy atom. The molecule has 0 rings (SSSR count). The van der Waals surface area contributed by atoms with E-state index in [2.05, 4.69) is 8.83 Å². The fourth-order valence-corrected chi connectivity index (χ4v) is 1.35. The normalized spacial score (nSPS) is 13.9. The smallest absolute Gasteiger partial charge is 0.328 e. The van der Waals surface area contributed by atoms with Gasteiger partial charge in [-0.25, -0.2) is 4.31 Å². The van der Waals surface area contributed by atoms with E-state index < -0.39 is 17.2 Å². The van der Waals surface area contributed by atoms with E-state index in [0.717, 1.165) is 12.8 Å². The van der Waals surface area contributed by atoms with E-state index >= 15 is 0 Å². The monoisotopic (exact) mass is 202 g/mol. The maximum absolute atomic E-state index is 8.76. The topological polar surface area (TPSA) is 79.2 Å². The van der Waals surface area contributed by atoms with Crippen molar-refractivity contribution in [2.75, 3.05) is 6.61 Å². The summed E-state index contributed by atoms with van der Waals surface area (Å²) in [5.74, 6) is 0. The average molecular weight is 202 g/mol. The van der Waals surface area contributed by atoms with Gasteiger partial charge in [-0.05, 0) is 6.42 Å². The summed E-state index contributed by atoms with van der Waals surface area (Å²) < 4.78 is 8.86. The maximum Gasteiger partial charge on any atom is 0.337 e. The quantitative estimate of drug-likeness (QED) is 0.446. The van der Waals surface area contributed by atoms with Gasteiger partial charge in [-0.2, -0.15) is 0 Å². The molecule has 7 heteroatoms. The van der Waals surface area contributed by atoms with Crippen LogP contribution in [0, 0.1) is 0 Å². The van der Waals surface area contributed by atoms with Crippen LogP contribution in [0.2, 0.25) is 0 Å². The molecule has 0 radical (unpaired) electrons. The highest BCUT2D eigenvalue weighted by Gasteiger charge is 2.11. The predicted molar refractivity (Wildman–Crippen MR) is 42.4 cm³/mol. The van der Waals surface area contributed by atoms with Gasteiger partial charge in [-0.15, -0.1) is 0 Å². The lowest BCUT2D eigenvalue weighted by molar-refractivity contribution is 0.244. The fourth-order valence-electron chi connectivity index (χ4n) is 0.373. The number of unbranched alkanes of at least 4 members (excludes halogenated alkanes) is 1. The molecule has 0 heterocycles. The van der Waals surface area contributed by atoms with Crippen molar-refractivity contribution in [2.24, 2.45) is 0 Å². The molecule has 0 aliphatic heterocycles. The van der Waals surface area contributed by atoms with Crippen LogP contribution in [0.4, 0.5) is 0 Å². The first-order valence-corrected chi connectivity index (χ1v) is 5.44. The van der Waals surface area contributed by atoms with Gasteiger partial charge in [0.05, 0.1) is 6.61 Å². The molecule has 0 aromatic carbocycles. The molecule has 0 aliphatic rings. The van der Waals surface area contributed by atoms with Crippen LogP contribution in [-0.2, 0) is 8.83 Å². The van der Waals surface area contributed by atoms with E-state index in [0.29, 0.717) is 6.61 Å². The molecule has 68 valence electrons. The highest BCUT2D eigenvalue weighted by Crippen LogP contribution is 2.46. The lowest BCUT2D eigenvalue weighted by Crippen LogP contribution is -1.89. The third-order valence-electron chi connectivity index (χ3n) is 0.842. The van der Waals surface area contributed by atoms with E-state index in [1.165, 1.54) is 0 Å². The Balaban J connectivity index is 3.15. The minimum absolute atomic E-state index is 0.377. The second-order valence-electron chi connectivity index (χ2n) is 1.76. The van der Waals surface area contributed by atoms with Gasteiger partial charge >= 0.3 is 17.2 Å². The molecule has 0 bridgehead atoms. The van der Waals surface area contributed by atoms with Crippen molar-refractivity contribution >= 4 is 17.2 Å². The number of hydrogen-bond acceptors (Lipinski definition) is 5. The van der Waals surface area contributed by atoms with Gasteiger partial charge in [0.1, 0.15) is 0 Å². The van der Waals surface area contributed by atoms with Gasteiger partial charge in [-0.3, -0.25) is 0 Å². The molecule has 11 heavy (non-hydrogen) atoms. The van der Waals surface area contributed by atoms with Crippen LogP contribution in [0.15, 0.2) is 0 Å². The molecule has 5 nitrogen and oxygen atoms in total. The van der Waals surface area contributed by atoms with Crippen molar-refractivity contribution in [3.8, 4) is 0 Å². The first-order chi connectivity index (χ1) is 5.16. The van der Waals surface area contributed by atoms with Crippen LogP contribution in [-0.4, -0.2) is 21.3 Å². The average Bonchev–Trinajstić information content (AvgIpc) is 1.86. The highest BCUT2D eigenvalue weighted by molar-refractivity contribution is 7.54. The van der Waals surface area contributed by atoms with Crippen molar-refractivity contribution in [3.05, 3.63) is 0 Å². The summed E-state index contributed by atoms with van der Waals surface area (Å²) in [6, 6.07) is 0. The van der Waals surface area contributed by atoms with Crippen molar-refractivity contribution in [1.29, 1.82) is 0 Å². The Hall–Kier alpha value is 0.660. The third kappa shape index (κ3) is 8.57. The number of rotatable bonds is 6. The van der Waals surface area contributed by atoms with Gasteiger partial charge in [0.2, 0.25) is 0 Å². The molecule has 0 spiro atoms. The van der Waals surface area contributed by atoms with Crippen molar-refractivity contribution in [2.45, 2.75) is 19.8 Å². The Kier molecular flexibility index (Phi) is 7.76. The molecule has 0 aromatic rings. The molecule has 3 N–H and O–H groups in total. The standard InChI is InChI=1S/C4H12O5P2/c1-2-3-4-8-11(7)9-10(5)6/h5-7H,2-4H2,1H3. The minimum Gasteiger partial charge on any atom is -0.328 e. The predicted octanol–water partition coefficient (Wildman–Crippen LogP) is 1.25. The van der Waals surface area contributed by atoms with Gasteiger partial charge in [0, 0.05) is 0 Å². The molecule has 0 saturated heterocycles. The molecule has 1 unspecified atom stereocenters. The summed E-state index contributed by atoms with van der Waals surface area (Å²) >= 11 is 0. The van der Waals surface area contributed by atoms with Crippen LogP contribution in [0.3, 0.4) is 0 Å². The third-order valence-corrected chi connectivity index (χ3v) is 2.39. The Bertz CT molecular complexity index is 90.6. The fraction of sp³-hybridized carbons (Fsp3) is 1.00. The van der Waals surface area contributed by atoms with Crippen LogP contribution >= 0.6 is 17.2 Å². The van der Waals surface area contributed by atoms with Crippen molar-refractivity contribution < 1.29 is 23.5 Å². The summed E-state index contributed by atoms with van der Waals surface area (Å²) in [5, 5.41) is 0. The molecule has 0 fully saturated rings. The van der Waals surface area contributed by atoms with Gasteiger partial charge < -0.3 is 19.2 Å². The molecule has 0 aliphatic carbocycles. The molecule has 0 aromatic heterocycles. The Morgan fingerprint density at radius 3 is 2.36 bits per heavy atom. The summed E-state index contributed by atoms with van der Waals surface area (Å²) in [4.78, 5) is 25.3. The molecule has 1 atom stereocenters. The molecule has 0 saturated carbocycles. The zero-order valence-electron chi connectivity index (χ0n) is 6.17. The molecular weight excluding hydrogens is 190 g/mol. The zero-order valence-corrected chi connectivity index (χ0v) is 7.96. The van der Waals surface area contributed by atoms with E-state index in [4.69, 9.17) is 14.7 Å². The second-order valence-corrected chi connectivity index (χ2v) is 3.65. The molecule has 0 amide bonds. The van der Waals surface area contributed by atoms with Crippen LogP contribution in [0.5, 0.6) is 0 Å². The van der Waals surface area contributed by atoms with Gasteiger partial charge in [0.15, 0.2) is 0 Å². The van der Waals surface area contributed by atoms with Crippen molar-refractivity contribution in [3.63, 3.8) is 0 Å². The van der Waals surface area contributed by atoms with E-state index in [1.807, 2.05) is 6.92 Å². The summed E-state index contributed by atoms with van der Waals surface area (Å²) in [6.45, 7) is 2.36. The SMILES string of the molecule is CCCCOP(O)OP(O)O. The molecular formula is C4H12O5P2. The van der Waals surface area contributed by atoms with E-state index in [1.54, 1.807) is 0 Å². The first-order valence-electron chi connectivity index (χ1n) is 3.14. The number of hydrogen-bond donors (Lipinski definition) is 3. The minimum atomic E-state index is -2.51. The van der Waals surface area contributed by atoms with Gasteiger partial charge in [0.25, 0.3) is 0 Å². The van der Waals surface area contributed by atoms with Crippen LogP contribution in [0.1, 0.15) is 19.8 Å². The van der Waals surface area contributed by atoms with Gasteiger partial charge in [-0.1, -0.05) is 13.3 Å². The first kappa shape index (κ1) is 11.7. The lowest BCUT2D eigenvalue weighted by atomic mass is 10.4. The summed E-state index contributed by atoms with van der Waals surface area (Å²) in [5.41, 5.74) is 0. The summed E-state index contributed by atoms with van der Waals surface area (Å²) in [6.07, 6.45) is 1.77. The van der Waals surface area contributed by atoms with E-state index in [-0.39, 0.29) is 0 Å². The highest BCUT2D eigenvalue weighted by atomic mass is 31.2. The maximum atomic E-state index is 8.76. The largest absolute Gasteiger partial charge is 0.337 e. The van der Waals surface area contributed by atoms with Crippen molar-refractivity contribution in [1.82, 2.24) is 0 Å². The van der Waals surface area contributed by atoms with E-state index in [9.17, 15) is 0 Å². The summed E-state index contributed by atoms with van der Waals surface area (Å²) in [7, 11) is -4.61. The van der Waals surface area contributed by atoms with Crippen LogP contribution < -0.4 is 0 Å². The zero-order chi connectivity index (χ0) is 8.69. The lowest BCUT2D eigenvalue weighted by Gasteiger charge is -2.09. The Morgan fingerprint density at radius 1 is 1.27 bits per heavy atom. The Labute approximate surface area is 68.0 Å². The second kappa shape index (κ2) is 7.32.